The third-order valence-electron chi connectivity index (χ3n) is 6.93. The number of amides is 1. The lowest BCUT2D eigenvalue weighted by Crippen LogP contribution is -2.57. The first-order valence-corrected chi connectivity index (χ1v) is 13.1. The van der Waals surface area contributed by atoms with Crippen LogP contribution in [-0.2, 0) is 30.1 Å². The maximum atomic E-state index is 13.3. The van der Waals surface area contributed by atoms with Crippen molar-refractivity contribution in [1.82, 2.24) is 10.2 Å². The van der Waals surface area contributed by atoms with Crippen molar-refractivity contribution in [2.75, 3.05) is 0 Å². The van der Waals surface area contributed by atoms with E-state index in [0.717, 1.165) is 23.3 Å². The van der Waals surface area contributed by atoms with E-state index in [4.69, 9.17) is 4.74 Å². The SMILES string of the molecule is CCC1CC(NCc2cc(C(F)(F)F)cc(C(F)(F)F)c2)CC(Cc2ccccc2C)N1C(=O)OC(C)(C)C. The molecule has 1 fully saturated rings. The molecule has 1 N–H and O–H groups in total. The molecule has 2 aromatic rings. The summed E-state index contributed by atoms with van der Waals surface area (Å²) in [5, 5.41) is 3.18. The number of rotatable bonds is 6. The molecular weight excluding hydrogens is 522 g/mol. The van der Waals surface area contributed by atoms with Gasteiger partial charge in [-0.1, -0.05) is 31.2 Å². The number of alkyl halides is 6. The highest BCUT2D eigenvalue weighted by Gasteiger charge is 2.40. The number of carbonyl (C=O) groups is 1. The van der Waals surface area contributed by atoms with E-state index in [1.165, 1.54) is 0 Å². The van der Waals surface area contributed by atoms with Crippen LogP contribution in [0.25, 0.3) is 0 Å². The second-order valence-electron chi connectivity index (χ2n) is 11.2. The Hall–Kier alpha value is -2.75. The topological polar surface area (TPSA) is 41.6 Å². The van der Waals surface area contributed by atoms with Gasteiger partial charge >= 0.3 is 18.4 Å². The number of piperidine rings is 1. The maximum Gasteiger partial charge on any atom is 0.416 e. The van der Waals surface area contributed by atoms with Gasteiger partial charge in [-0.3, -0.25) is 0 Å². The highest BCUT2D eigenvalue weighted by Crippen LogP contribution is 2.37. The molecule has 3 atom stereocenters. The van der Waals surface area contributed by atoms with Crippen LogP contribution in [0.3, 0.4) is 0 Å². The molecule has 1 aliphatic heterocycles. The molecule has 39 heavy (non-hydrogen) atoms. The quantitative estimate of drug-likeness (QED) is 0.367. The number of nitrogens with zero attached hydrogens (tertiary/aromatic N) is 1. The van der Waals surface area contributed by atoms with Crippen LogP contribution in [0.2, 0.25) is 0 Å². The summed E-state index contributed by atoms with van der Waals surface area (Å²) >= 11 is 0. The summed E-state index contributed by atoms with van der Waals surface area (Å²) in [6, 6.07) is 8.73. The molecule has 0 aromatic heterocycles. The summed E-state index contributed by atoms with van der Waals surface area (Å²) < 4.78 is 85.6. The Morgan fingerprint density at radius 3 is 2.03 bits per heavy atom. The van der Waals surface area contributed by atoms with E-state index < -0.39 is 35.2 Å². The number of benzene rings is 2. The van der Waals surface area contributed by atoms with Gasteiger partial charge in [-0.05, 0) is 88.3 Å². The summed E-state index contributed by atoms with van der Waals surface area (Å²) in [7, 11) is 0. The van der Waals surface area contributed by atoms with E-state index in [-0.39, 0.29) is 36.3 Å². The predicted molar refractivity (Wildman–Crippen MR) is 137 cm³/mol. The summed E-state index contributed by atoms with van der Waals surface area (Å²) in [6.07, 6.45) is -8.12. The molecule has 1 heterocycles. The summed E-state index contributed by atoms with van der Waals surface area (Å²) in [4.78, 5) is 15.1. The molecule has 0 saturated carbocycles. The van der Waals surface area contributed by atoms with Crippen molar-refractivity contribution >= 4 is 6.09 Å². The molecule has 2 aromatic carbocycles. The fraction of sp³-hybridized carbons (Fsp3) is 0.552. The second-order valence-corrected chi connectivity index (χ2v) is 11.2. The molecule has 0 aliphatic carbocycles. The number of carbonyl (C=O) groups excluding carboxylic acids is 1. The van der Waals surface area contributed by atoms with E-state index in [1.807, 2.05) is 38.1 Å². The molecule has 0 spiro atoms. The number of hydrogen-bond acceptors (Lipinski definition) is 3. The third kappa shape index (κ3) is 8.37. The molecule has 0 bridgehead atoms. The van der Waals surface area contributed by atoms with Crippen molar-refractivity contribution in [1.29, 1.82) is 0 Å². The zero-order valence-corrected chi connectivity index (χ0v) is 22.8. The minimum Gasteiger partial charge on any atom is -0.444 e. The summed E-state index contributed by atoms with van der Waals surface area (Å²) in [6.45, 7) is 9.13. The van der Waals surface area contributed by atoms with Crippen LogP contribution >= 0.6 is 0 Å². The Morgan fingerprint density at radius 2 is 1.51 bits per heavy atom. The number of hydrogen-bond donors (Lipinski definition) is 1. The lowest BCUT2D eigenvalue weighted by Gasteiger charge is -2.45. The zero-order chi connectivity index (χ0) is 29.2. The molecule has 4 nitrogen and oxygen atoms in total. The van der Waals surface area contributed by atoms with Crippen LogP contribution < -0.4 is 5.32 Å². The van der Waals surface area contributed by atoms with E-state index in [2.05, 4.69) is 5.32 Å². The molecule has 0 radical (unpaired) electrons. The predicted octanol–water partition coefficient (Wildman–Crippen LogP) is 7.91. The van der Waals surface area contributed by atoms with E-state index >= 15 is 0 Å². The summed E-state index contributed by atoms with van der Waals surface area (Å²) in [5.41, 5.74) is -1.35. The Morgan fingerprint density at radius 1 is 0.949 bits per heavy atom. The largest absolute Gasteiger partial charge is 0.444 e. The van der Waals surface area contributed by atoms with E-state index in [9.17, 15) is 31.1 Å². The number of aryl methyl sites for hydroxylation is 1. The second kappa shape index (κ2) is 11.8. The number of likely N-dealkylation sites (tertiary alicyclic amines) is 1. The first-order valence-electron chi connectivity index (χ1n) is 13.1. The molecule has 1 amide bonds. The van der Waals surface area contributed by atoms with Gasteiger partial charge in [0.1, 0.15) is 5.60 Å². The van der Waals surface area contributed by atoms with Crippen LogP contribution in [0, 0.1) is 6.92 Å². The molecule has 3 unspecified atom stereocenters. The van der Waals surface area contributed by atoms with Gasteiger partial charge in [-0.2, -0.15) is 26.3 Å². The van der Waals surface area contributed by atoms with E-state index in [0.29, 0.717) is 25.7 Å². The lowest BCUT2D eigenvalue weighted by atomic mass is 9.86. The van der Waals surface area contributed by atoms with Crippen LogP contribution in [0.5, 0.6) is 0 Å². The van der Waals surface area contributed by atoms with Gasteiger partial charge in [0.25, 0.3) is 0 Å². The Bertz CT molecular complexity index is 1110. The highest BCUT2D eigenvalue weighted by molar-refractivity contribution is 5.69. The Kier molecular flexibility index (Phi) is 9.30. The van der Waals surface area contributed by atoms with Gasteiger partial charge in [0, 0.05) is 24.7 Å². The normalized spacial score (nSPS) is 20.7. The van der Waals surface area contributed by atoms with Crippen LogP contribution in [0.1, 0.15) is 74.8 Å². The minimum absolute atomic E-state index is 0.102. The van der Waals surface area contributed by atoms with Crippen LogP contribution in [0.4, 0.5) is 31.1 Å². The van der Waals surface area contributed by atoms with Gasteiger partial charge in [0.05, 0.1) is 11.1 Å². The molecule has 10 heteroatoms. The monoisotopic (exact) mass is 558 g/mol. The maximum absolute atomic E-state index is 13.3. The average Bonchev–Trinajstić information content (AvgIpc) is 2.81. The van der Waals surface area contributed by atoms with Crippen molar-refractivity contribution in [3.8, 4) is 0 Å². The standard InChI is InChI=1S/C29H36F6N2O2/c1-6-24-15-23(36-17-19-11-21(28(30,31)32)14-22(12-19)29(33,34)35)16-25(13-20-10-8-7-9-18(20)2)37(24)26(38)39-27(3,4)5/h7-12,14,23-25,36H,6,13,15-17H2,1-5H3. The summed E-state index contributed by atoms with van der Waals surface area (Å²) in [5.74, 6) is 0. The fourth-order valence-electron chi connectivity index (χ4n) is 5.08. The molecule has 1 saturated heterocycles. The molecular formula is C29H36F6N2O2. The van der Waals surface area contributed by atoms with Crippen LogP contribution in [0.15, 0.2) is 42.5 Å². The van der Waals surface area contributed by atoms with Gasteiger partial charge in [0.2, 0.25) is 0 Å². The number of nitrogens with one attached hydrogen (secondary N) is 1. The van der Waals surface area contributed by atoms with Crippen molar-refractivity contribution in [2.24, 2.45) is 0 Å². The van der Waals surface area contributed by atoms with Gasteiger partial charge in [-0.25, -0.2) is 4.79 Å². The van der Waals surface area contributed by atoms with Crippen molar-refractivity contribution < 1.29 is 35.9 Å². The number of halogens is 6. The minimum atomic E-state index is -4.90. The zero-order valence-electron chi connectivity index (χ0n) is 22.8. The lowest BCUT2D eigenvalue weighted by molar-refractivity contribution is -0.143. The van der Waals surface area contributed by atoms with Gasteiger partial charge < -0.3 is 15.0 Å². The Balaban J connectivity index is 1.87. The van der Waals surface area contributed by atoms with Gasteiger partial charge in [-0.15, -0.1) is 0 Å². The van der Waals surface area contributed by atoms with Gasteiger partial charge in [0.15, 0.2) is 0 Å². The van der Waals surface area contributed by atoms with Crippen LogP contribution in [-0.4, -0.2) is 34.7 Å². The Labute approximate surface area is 225 Å². The molecule has 1 aliphatic rings. The third-order valence-corrected chi connectivity index (χ3v) is 6.93. The fourth-order valence-corrected chi connectivity index (χ4v) is 5.08. The van der Waals surface area contributed by atoms with E-state index in [1.54, 1.807) is 25.7 Å². The molecule has 216 valence electrons. The van der Waals surface area contributed by atoms with Crippen molar-refractivity contribution in [3.63, 3.8) is 0 Å². The highest BCUT2D eigenvalue weighted by atomic mass is 19.4. The smallest absolute Gasteiger partial charge is 0.416 e. The first-order chi connectivity index (χ1) is 18.0. The molecule has 3 rings (SSSR count). The van der Waals surface area contributed by atoms with Crippen molar-refractivity contribution in [2.45, 2.75) is 103 Å². The van der Waals surface area contributed by atoms with Crippen molar-refractivity contribution in [3.05, 3.63) is 70.3 Å². The first kappa shape index (κ1) is 30.8. The number of ether oxygens (including phenoxy) is 1. The average molecular weight is 559 g/mol.